The lowest BCUT2D eigenvalue weighted by Crippen LogP contribution is -2.32. The van der Waals surface area contributed by atoms with Gasteiger partial charge in [-0.3, -0.25) is 9.59 Å². The third-order valence-corrected chi connectivity index (χ3v) is 11.7. The molecule has 2 N–H and O–H groups in total. The summed E-state index contributed by atoms with van der Waals surface area (Å²) in [6.07, 6.45) is 10.1. The first-order chi connectivity index (χ1) is 23.0. The molecule has 0 saturated carbocycles. The molecule has 0 bridgehead atoms. The highest BCUT2D eigenvalue weighted by atomic mass is 35.5. The zero-order chi connectivity index (χ0) is 35.2. The van der Waals surface area contributed by atoms with Crippen molar-refractivity contribution in [1.29, 1.82) is 0 Å². The Labute approximate surface area is 313 Å². The van der Waals surface area contributed by atoms with Gasteiger partial charge in [-0.15, -0.1) is 24.8 Å². The fraction of sp³-hybridized carbons (Fsp3) is 0.611. The predicted molar refractivity (Wildman–Crippen MR) is 206 cm³/mol. The highest BCUT2D eigenvalue weighted by Crippen LogP contribution is 2.30. The topological polar surface area (TPSA) is 133 Å². The molecule has 2 aromatic carbocycles. The van der Waals surface area contributed by atoms with Gasteiger partial charge in [-0.25, -0.2) is 26.3 Å². The number of ketones is 2. The van der Waals surface area contributed by atoms with E-state index < -0.39 is 31.6 Å². The van der Waals surface area contributed by atoms with E-state index >= 15 is 0 Å². The van der Waals surface area contributed by atoms with E-state index in [0.29, 0.717) is 12.8 Å². The minimum atomic E-state index is -3.92. The van der Waals surface area contributed by atoms with Crippen molar-refractivity contribution in [3.05, 3.63) is 58.7 Å². The SMILES string of the molecule is CCCCN(CCCC)CCCNS(=O)(=O)c1ccc2c(c1)C(=O)c1ccc(S(=O)(=O)NCCCN(CCCC)CCCC)cc1C2=O.Cl.Cl. The molecule has 0 fully saturated rings. The van der Waals surface area contributed by atoms with Gasteiger partial charge in [0.05, 0.1) is 9.79 Å². The van der Waals surface area contributed by atoms with Gasteiger partial charge in [-0.05, 0) is 114 Å². The summed E-state index contributed by atoms with van der Waals surface area (Å²) in [5.74, 6) is -1.04. The Morgan fingerprint density at radius 1 is 0.480 bits per heavy atom. The predicted octanol–water partition coefficient (Wildman–Crippen LogP) is 6.45. The Hall–Kier alpha value is -1.90. The number of halogens is 2. The monoisotopic (exact) mass is 776 g/mol. The van der Waals surface area contributed by atoms with E-state index in [1.807, 2.05) is 0 Å². The Kier molecular flexibility index (Phi) is 21.1. The molecule has 3 rings (SSSR count). The Morgan fingerprint density at radius 3 is 1.08 bits per heavy atom. The van der Waals surface area contributed by atoms with Crippen LogP contribution in [0.2, 0.25) is 0 Å². The van der Waals surface area contributed by atoms with Crippen LogP contribution in [0.15, 0.2) is 46.2 Å². The maximum Gasteiger partial charge on any atom is 0.240 e. The van der Waals surface area contributed by atoms with Crippen LogP contribution in [0.3, 0.4) is 0 Å². The molecule has 0 heterocycles. The highest BCUT2D eigenvalue weighted by Gasteiger charge is 2.32. The zero-order valence-corrected chi connectivity index (χ0v) is 33.4. The van der Waals surface area contributed by atoms with Crippen molar-refractivity contribution in [2.24, 2.45) is 0 Å². The van der Waals surface area contributed by atoms with E-state index in [2.05, 4.69) is 46.9 Å². The second-order valence-electron chi connectivity index (χ2n) is 12.7. The van der Waals surface area contributed by atoms with Crippen molar-refractivity contribution in [1.82, 2.24) is 19.2 Å². The molecule has 1 aliphatic carbocycles. The number of carbonyl (C=O) groups excluding carboxylic acids is 2. The molecule has 0 atom stereocenters. The fourth-order valence-electron chi connectivity index (χ4n) is 5.83. The molecular formula is C36H58Cl2N4O6S2. The second kappa shape index (κ2) is 22.9. The van der Waals surface area contributed by atoms with Crippen molar-refractivity contribution >= 4 is 56.4 Å². The number of nitrogens with zero attached hydrogens (tertiary/aromatic N) is 2. The minimum absolute atomic E-state index is 0. The van der Waals surface area contributed by atoms with Crippen LogP contribution in [0.25, 0.3) is 0 Å². The van der Waals surface area contributed by atoms with E-state index in [1.165, 1.54) is 36.4 Å². The van der Waals surface area contributed by atoms with Crippen LogP contribution in [0.5, 0.6) is 0 Å². The number of carbonyl (C=O) groups is 2. The van der Waals surface area contributed by atoms with Gasteiger partial charge < -0.3 is 9.80 Å². The average Bonchev–Trinajstić information content (AvgIpc) is 3.08. The van der Waals surface area contributed by atoms with E-state index in [9.17, 15) is 26.4 Å². The van der Waals surface area contributed by atoms with Crippen molar-refractivity contribution in [3.8, 4) is 0 Å². The summed E-state index contributed by atoms with van der Waals surface area (Å²) in [6, 6.07) is 7.80. The van der Waals surface area contributed by atoms with E-state index in [-0.39, 0.29) is 69.9 Å². The molecule has 0 amide bonds. The fourth-order valence-corrected chi connectivity index (χ4v) is 8.03. The number of fused-ring (bicyclic) bond motifs is 2. The molecule has 10 nitrogen and oxygen atoms in total. The van der Waals surface area contributed by atoms with Gasteiger partial charge >= 0.3 is 0 Å². The van der Waals surface area contributed by atoms with Gasteiger partial charge in [0.2, 0.25) is 20.0 Å². The van der Waals surface area contributed by atoms with Gasteiger partial charge in [0.15, 0.2) is 11.6 Å². The standard InChI is InChI=1S/C36H56N4O6S2.2ClH/c1-5-9-21-39(22-10-6-2)25-13-19-37-47(43,44)29-15-17-31-33(27-29)35(41)32-18-16-30(28-34(32)36(31)42)48(45,46)38-20-14-26-40(23-11-7-3)24-12-8-4;;/h15-18,27-28,37-38H,5-14,19-26H2,1-4H3;2*1H. The summed E-state index contributed by atoms with van der Waals surface area (Å²) < 4.78 is 57.8. The summed E-state index contributed by atoms with van der Waals surface area (Å²) in [4.78, 5) is 31.5. The number of hydrogen-bond acceptors (Lipinski definition) is 8. The summed E-state index contributed by atoms with van der Waals surface area (Å²) >= 11 is 0. The quantitative estimate of drug-likeness (QED) is 0.0994. The first-order valence-electron chi connectivity index (χ1n) is 17.8. The van der Waals surface area contributed by atoms with Crippen LogP contribution in [0, 0.1) is 0 Å². The molecule has 0 unspecified atom stereocenters. The van der Waals surface area contributed by atoms with Crippen LogP contribution >= 0.6 is 24.8 Å². The lowest BCUT2D eigenvalue weighted by Gasteiger charge is -2.22. The molecular weight excluding hydrogens is 719 g/mol. The largest absolute Gasteiger partial charge is 0.303 e. The molecule has 0 aliphatic heterocycles. The Balaban J connectivity index is 0.00000625. The van der Waals surface area contributed by atoms with Gasteiger partial charge in [0.25, 0.3) is 0 Å². The maximum absolute atomic E-state index is 13.5. The van der Waals surface area contributed by atoms with Crippen LogP contribution in [-0.2, 0) is 20.0 Å². The number of rotatable bonds is 24. The lowest BCUT2D eigenvalue weighted by atomic mass is 9.84. The summed E-state index contributed by atoms with van der Waals surface area (Å²) in [6.45, 7) is 14.7. The van der Waals surface area contributed by atoms with Gasteiger partial charge in [-0.1, -0.05) is 53.4 Å². The normalized spacial score (nSPS) is 12.8. The third-order valence-electron chi connectivity index (χ3n) is 8.78. The van der Waals surface area contributed by atoms with Crippen molar-refractivity contribution in [2.45, 2.75) is 102 Å². The number of sulfonamides is 2. The van der Waals surface area contributed by atoms with Crippen molar-refractivity contribution in [2.75, 3.05) is 52.4 Å². The molecule has 0 aromatic heterocycles. The Bertz CT molecular complexity index is 1460. The molecule has 0 saturated heterocycles. The Morgan fingerprint density at radius 2 is 0.780 bits per heavy atom. The smallest absolute Gasteiger partial charge is 0.240 e. The molecule has 284 valence electrons. The average molecular weight is 778 g/mol. The molecule has 0 radical (unpaired) electrons. The van der Waals surface area contributed by atoms with Crippen molar-refractivity contribution in [3.63, 3.8) is 0 Å². The second-order valence-corrected chi connectivity index (χ2v) is 16.2. The summed E-state index contributed by atoms with van der Waals surface area (Å²) in [5.41, 5.74) is 0.0848. The van der Waals surface area contributed by atoms with Gasteiger partial charge in [0.1, 0.15) is 0 Å². The number of unbranched alkanes of at least 4 members (excludes halogenated alkanes) is 4. The summed E-state index contributed by atoms with van der Waals surface area (Å²) in [7, 11) is -7.84. The molecule has 0 spiro atoms. The number of hydrogen-bond donors (Lipinski definition) is 2. The minimum Gasteiger partial charge on any atom is -0.303 e. The highest BCUT2D eigenvalue weighted by molar-refractivity contribution is 7.89. The van der Waals surface area contributed by atoms with E-state index in [1.54, 1.807) is 0 Å². The molecule has 50 heavy (non-hydrogen) atoms. The third kappa shape index (κ3) is 13.3. The number of nitrogens with one attached hydrogen (secondary N) is 2. The van der Waals surface area contributed by atoms with Crippen LogP contribution in [0.1, 0.15) is 124 Å². The van der Waals surface area contributed by atoms with E-state index in [4.69, 9.17) is 0 Å². The number of benzene rings is 2. The summed E-state index contributed by atoms with van der Waals surface area (Å²) in [5, 5.41) is 0. The van der Waals surface area contributed by atoms with E-state index in [0.717, 1.165) is 90.6 Å². The molecule has 14 heteroatoms. The lowest BCUT2D eigenvalue weighted by molar-refractivity contribution is 0.0978. The van der Waals surface area contributed by atoms with Crippen LogP contribution in [0.4, 0.5) is 0 Å². The van der Waals surface area contributed by atoms with Gasteiger partial charge in [0, 0.05) is 35.3 Å². The zero-order valence-electron chi connectivity index (χ0n) is 30.2. The first kappa shape index (κ1) is 46.1. The maximum atomic E-state index is 13.5. The van der Waals surface area contributed by atoms with Crippen LogP contribution in [-0.4, -0.2) is 90.6 Å². The van der Waals surface area contributed by atoms with Gasteiger partial charge in [-0.2, -0.15) is 0 Å². The van der Waals surface area contributed by atoms with Crippen LogP contribution < -0.4 is 9.44 Å². The molecule has 1 aliphatic rings. The first-order valence-corrected chi connectivity index (χ1v) is 20.8. The van der Waals surface area contributed by atoms with Crippen molar-refractivity contribution < 1.29 is 26.4 Å². The molecule has 2 aromatic rings.